The second kappa shape index (κ2) is 6.20. The molecule has 1 heteroatoms. The highest BCUT2D eigenvalue weighted by atomic mass is 16.3. The maximum atomic E-state index is 11.0. The molecule has 25 heavy (non-hydrogen) atoms. The monoisotopic (exact) mass is 338 g/mol. The highest BCUT2D eigenvalue weighted by molar-refractivity contribution is 5.76. The van der Waals surface area contributed by atoms with E-state index < -0.39 is 0 Å². The minimum absolute atomic E-state index is 0.109. The van der Waals surface area contributed by atoms with Gasteiger partial charge in [0, 0.05) is 11.1 Å². The Balaban J connectivity index is 2.92. The van der Waals surface area contributed by atoms with E-state index in [4.69, 9.17) is 0 Å². The first kappa shape index (κ1) is 19.6. The van der Waals surface area contributed by atoms with Crippen molar-refractivity contribution in [2.45, 2.75) is 80.1 Å². The van der Waals surface area contributed by atoms with E-state index in [0.29, 0.717) is 5.75 Å². The van der Waals surface area contributed by atoms with Crippen molar-refractivity contribution in [3.63, 3.8) is 0 Å². The first-order chi connectivity index (χ1) is 11.2. The molecule has 0 saturated heterocycles. The van der Waals surface area contributed by atoms with Crippen LogP contribution < -0.4 is 0 Å². The minimum Gasteiger partial charge on any atom is -0.507 e. The van der Waals surface area contributed by atoms with Gasteiger partial charge in [-0.05, 0) is 84.0 Å². The molecule has 0 amide bonds. The van der Waals surface area contributed by atoms with Crippen molar-refractivity contribution < 1.29 is 5.11 Å². The quantitative estimate of drug-likeness (QED) is 0.600. The molecule has 136 valence electrons. The molecule has 0 bridgehead atoms. The van der Waals surface area contributed by atoms with Crippen molar-refractivity contribution in [1.82, 2.24) is 0 Å². The van der Waals surface area contributed by atoms with Crippen LogP contribution in [0.15, 0.2) is 18.2 Å². The molecule has 0 aliphatic rings. The first-order valence-corrected chi connectivity index (χ1v) is 9.21. The fourth-order valence-corrected chi connectivity index (χ4v) is 3.65. The van der Waals surface area contributed by atoms with Gasteiger partial charge >= 0.3 is 0 Å². The third kappa shape index (κ3) is 3.61. The molecule has 0 unspecified atom stereocenters. The maximum Gasteiger partial charge on any atom is 0.123 e. The van der Waals surface area contributed by atoms with E-state index in [2.05, 4.69) is 87.4 Å². The Hall–Kier alpha value is -1.76. The molecule has 1 N–H and O–H groups in total. The fraction of sp³-hybridized carbons (Fsp3) is 0.500. The lowest BCUT2D eigenvalue weighted by atomic mass is 9.77. The van der Waals surface area contributed by atoms with Gasteiger partial charge in [-0.25, -0.2) is 0 Å². The maximum absolute atomic E-state index is 11.0. The molecule has 0 radical (unpaired) electrons. The van der Waals surface area contributed by atoms with Crippen LogP contribution in [0.4, 0.5) is 0 Å². The molecular weight excluding hydrogens is 304 g/mol. The summed E-state index contributed by atoms with van der Waals surface area (Å²) in [5.74, 6) is 0.447. The summed E-state index contributed by atoms with van der Waals surface area (Å²) in [6, 6.07) is 6.65. The molecule has 0 saturated carbocycles. The zero-order valence-corrected chi connectivity index (χ0v) is 17.7. The van der Waals surface area contributed by atoms with Gasteiger partial charge in [-0.2, -0.15) is 0 Å². The van der Waals surface area contributed by atoms with Gasteiger partial charge in [-0.15, -0.1) is 0 Å². The highest BCUT2D eigenvalue weighted by Gasteiger charge is 2.27. The molecule has 1 nitrogen and oxygen atoms in total. The summed E-state index contributed by atoms with van der Waals surface area (Å²) in [5, 5.41) is 11.0. The van der Waals surface area contributed by atoms with Crippen molar-refractivity contribution in [3.05, 3.63) is 51.6 Å². The Morgan fingerprint density at radius 3 is 1.48 bits per heavy atom. The zero-order valence-electron chi connectivity index (χ0n) is 17.7. The van der Waals surface area contributed by atoms with Crippen LogP contribution in [0, 0.1) is 27.7 Å². The third-order valence-electron chi connectivity index (χ3n) is 5.37. The normalized spacial score (nSPS) is 12.6. The van der Waals surface area contributed by atoms with Gasteiger partial charge in [0.05, 0.1) is 0 Å². The Labute approximate surface area is 154 Å². The van der Waals surface area contributed by atoms with E-state index in [1.807, 2.05) is 0 Å². The fourth-order valence-electron chi connectivity index (χ4n) is 3.65. The minimum atomic E-state index is -0.109. The Morgan fingerprint density at radius 1 is 0.640 bits per heavy atom. The van der Waals surface area contributed by atoms with E-state index in [0.717, 1.165) is 11.1 Å². The Kier molecular flexibility index (Phi) is 4.85. The third-order valence-corrected chi connectivity index (χ3v) is 5.37. The summed E-state index contributed by atoms with van der Waals surface area (Å²) in [6.07, 6.45) is 0. The van der Waals surface area contributed by atoms with Gasteiger partial charge < -0.3 is 5.11 Å². The lowest BCUT2D eigenvalue weighted by molar-refractivity contribution is 0.423. The first-order valence-electron chi connectivity index (χ1n) is 9.21. The molecule has 0 spiro atoms. The topological polar surface area (TPSA) is 20.2 Å². The van der Waals surface area contributed by atoms with E-state index in [1.165, 1.54) is 33.4 Å². The number of rotatable bonds is 1. The Bertz CT molecular complexity index is 776. The van der Waals surface area contributed by atoms with Gasteiger partial charge in [0.1, 0.15) is 5.75 Å². The summed E-state index contributed by atoms with van der Waals surface area (Å²) < 4.78 is 0. The van der Waals surface area contributed by atoms with Crippen LogP contribution in [0.3, 0.4) is 0 Å². The van der Waals surface area contributed by atoms with E-state index >= 15 is 0 Å². The van der Waals surface area contributed by atoms with Crippen molar-refractivity contribution >= 4 is 0 Å². The van der Waals surface area contributed by atoms with Gasteiger partial charge in [-0.3, -0.25) is 0 Å². The summed E-state index contributed by atoms with van der Waals surface area (Å²) in [5.41, 5.74) is 9.66. The predicted molar refractivity (Wildman–Crippen MR) is 110 cm³/mol. The largest absolute Gasteiger partial charge is 0.507 e. The molecular formula is C24H34O. The summed E-state index contributed by atoms with van der Waals surface area (Å²) in [7, 11) is 0. The van der Waals surface area contributed by atoms with Crippen LogP contribution in [0.5, 0.6) is 5.75 Å². The van der Waals surface area contributed by atoms with Crippen molar-refractivity contribution in [1.29, 1.82) is 0 Å². The van der Waals surface area contributed by atoms with E-state index in [9.17, 15) is 5.11 Å². The number of hydrogen-bond acceptors (Lipinski definition) is 1. The van der Waals surface area contributed by atoms with Crippen molar-refractivity contribution in [2.75, 3.05) is 0 Å². The standard InChI is InChI=1S/C24H34O/c1-14-11-15(2)21(17(4)16(14)3)18-12-19(23(5,6)7)22(25)20(13-18)24(8,9)10/h11-13,25H,1-10H3. The van der Waals surface area contributed by atoms with Crippen LogP contribution >= 0.6 is 0 Å². The lowest BCUT2D eigenvalue weighted by Gasteiger charge is -2.29. The number of phenolic OH excluding ortho intramolecular Hbond substituents is 1. The van der Waals surface area contributed by atoms with Crippen LogP contribution in [0.1, 0.15) is 74.9 Å². The van der Waals surface area contributed by atoms with Crippen LogP contribution in [0.2, 0.25) is 0 Å². The molecule has 0 atom stereocenters. The molecule has 2 aromatic rings. The van der Waals surface area contributed by atoms with Gasteiger partial charge in [-0.1, -0.05) is 47.6 Å². The summed E-state index contributed by atoms with van der Waals surface area (Å²) in [6.45, 7) is 21.8. The smallest absolute Gasteiger partial charge is 0.123 e. The molecule has 0 aromatic heterocycles. The van der Waals surface area contributed by atoms with Crippen LogP contribution in [-0.4, -0.2) is 5.11 Å². The lowest BCUT2D eigenvalue weighted by Crippen LogP contribution is -2.17. The average Bonchev–Trinajstić information content (AvgIpc) is 2.43. The average molecular weight is 339 g/mol. The van der Waals surface area contributed by atoms with Gasteiger partial charge in [0.15, 0.2) is 0 Å². The van der Waals surface area contributed by atoms with Crippen LogP contribution in [0.25, 0.3) is 11.1 Å². The number of aryl methyl sites for hydroxylation is 2. The zero-order chi connectivity index (χ0) is 19.3. The number of hydrogen-bond donors (Lipinski definition) is 1. The molecule has 2 aromatic carbocycles. The van der Waals surface area contributed by atoms with Gasteiger partial charge in [0.2, 0.25) is 0 Å². The van der Waals surface area contributed by atoms with E-state index in [-0.39, 0.29) is 10.8 Å². The highest BCUT2D eigenvalue weighted by Crippen LogP contribution is 2.43. The van der Waals surface area contributed by atoms with Crippen molar-refractivity contribution in [2.24, 2.45) is 0 Å². The van der Waals surface area contributed by atoms with Crippen LogP contribution in [-0.2, 0) is 10.8 Å². The second-order valence-electron chi connectivity index (χ2n) is 9.56. The molecule has 0 fully saturated rings. The number of phenols is 1. The molecule has 0 aliphatic carbocycles. The summed E-state index contributed by atoms with van der Waals surface area (Å²) >= 11 is 0. The Morgan fingerprint density at radius 2 is 1.08 bits per heavy atom. The molecule has 0 heterocycles. The van der Waals surface area contributed by atoms with Gasteiger partial charge in [0.25, 0.3) is 0 Å². The predicted octanol–water partition coefficient (Wildman–Crippen LogP) is 6.89. The second-order valence-corrected chi connectivity index (χ2v) is 9.56. The SMILES string of the molecule is Cc1cc(C)c(-c2cc(C(C)(C)C)c(O)c(C(C)(C)C)c2)c(C)c1C. The van der Waals surface area contributed by atoms with E-state index in [1.54, 1.807) is 0 Å². The number of aromatic hydroxyl groups is 1. The van der Waals surface area contributed by atoms with Crippen molar-refractivity contribution in [3.8, 4) is 16.9 Å². The number of benzene rings is 2. The molecule has 2 rings (SSSR count). The molecule has 0 aliphatic heterocycles. The summed E-state index contributed by atoms with van der Waals surface area (Å²) in [4.78, 5) is 0.